The minimum atomic E-state index is -0.446. The van der Waals surface area contributed by atoms with Crippen LogP contribution in [0.4, 0.5) is 16.2 Å². The third-order valence-electron chi connectivity index (χ3n) is 4.66. The van der Waals surface area contributed by atoms with Crippen LogP contribution >= 0.6 is 0 Å². The molecule has 2 aliphatic rings. The van der Waals surface area contributed by atoms with Crippen molar-refractivity contribution in [1.82, 2.24) is 0 Å². The number of hydrogen-bond acceptors (Lipinski definition) is 3. The summed E-state index contributed by atoms with van der Waals surface area (Å²) in [4.78, 5) is 11.2. The van der Waals surface area contributed by atoms with Gasteiger partial charge in [0.15, 0.2) is 0 Å². The molecular weight excluding hydrogens is 264 g/mol. The highest BCUT2D eigenvalue weighted by Crippen LogP contribution is 2.45. The fourth-order valence-corrected chi connectivity index (χ4v) is 3.62. The summed E-state index contributed by atoms with van der Waals surface area (Å²) in [5.74, 6) is 2.22. The van der Waals surface area contributed by atoms with Gasteiger partial charge in [-0.05, 0) is 55.7 Å². The second-order valence-corrected chi connectivity index (χ2v) is 6.07. The summed E-state index contributed by atoms with van der Waals surface area (Å²) >= 11 is 0. The fraction of sp³-hybridized carbons (Fsp3) is 0.471. The molecule has 0 aromatic heterocycles. The Labute approximate surface area is 125 Å². The molecule has 4 atom stereocenters. The van der Waals surface area contributed by atoms with Crippen LogP contribution < -0.4 is 10.6 Å². The molecule has 4 unspecified atom stereocenters. The number of methoxy groups -OCH3 is 1. The van der Waals surface area contributed by atoms with Gasteiger partial charge in [-0.15, -0.1) is 0 Å². The standard InChI is InChI=1S/C17H22N2O2/c1-11(16-9-12-6-7-13(16)8-12)18-14-4-3-5-15(10-14)19-17(20)21-2/h3-7,10-13,16,18H,8-9H2,1-2H3,(H,19,20). The molecule has 0 heterocycles. The molecule has 1 saturated carbocycles. The van der Waals surface area contributed by atoms with Gasteiger partial charge in [0, 0.05) is 17.4 Å². The second-order valence-electron chi connectivity index (χ2n) is 6.07. The van der Waals surface area contributed by atoms with Crippen molar-refractivity contribution in [3.05, 3.63) is 36.4 Å². The van der Waals surface area contributed by atoms with E-state index in [1.165, 1.54) is 20.0 Å². The molecule has 4 heteroatoms. The van der Waals surface area contributed by atoms with E-state index in [4.69, 9.17) is 0 Å². The number of ether oxygens (including phenoxy) is 1. The van der Waals surface area contributed by atoms with Crippen LogP contribution in [0.25, 0.3) is 0 Å². The predicted molar refractivity (Wildman–Crippen MR) is 84.4 cm³/mol. The molecule has 0 spiro atoms. The van der Waals surface area contributed by atoms with Crippen LogP contribution in [0.3, 0.4) is 0 Å². The van der Waals surface area contributed by atoms with E-state index in [-0.39, 0.29) is 0 Å². The van der Waals surface area contributed by atoms with Gasteiger partial charge < -0.3 is 10.1 Å². The summed E-state index contributed by atoms with van der Waals surface area (Å²) in [6.07, 6.45) is 6.91. The van der Waals surface area contributed by atoms with Crippen LogP contribution in [0.2, 0.25) is 0 Å². The SMILES string of the molecule is COC(=O)Nc1cccc(NC(C)C2CC3C=CC2C3)c1. The van der Waals surface area contributed by atoms with E-state index in [9.17, 15) is 4.79 Å². The summed E-state index contributed by atoms with van der Waals surface area (Å²) in [5, 5.41) is 6.26. The van der Waals surface area contributed by atoms with Crippen molar-refractivity contribution >= 4 is 17.5 Å². The Balaban J connectivity index is 1.63. The van der Waals surface area contributed by atoms with Gasteiger partial charge >= 0.3 is 6.09 Å². The van der Waals surface area contributed by atoms with E-state index in [1.54, 1.807) is 0 Å². The van der Waals surface area contributed by atoms with Crippen LogP contribution in [0.5, 0.6) is 0 Å². The number of benzene rings is 1. The maximum atomic E-state index is 11.2. The highest BCUT2D eigenvalue weighted by molar-refractivity contribution is 5.85. The van der Waals surface area contributed by atoms with Crippen LogP contribution in [0.15, 0.2) is 36.4 Å². The van der Waals surface area contributed by atoms with Gasteiger partial charge in [0.25, 0.3) is 0 Å². The average molecular weight is 286 g/mol. The molecule has 0 aliphatic heterocycles. The molecule has 2 bridgehead atoms. The number of fused-ring (bicyclic) bond motifs is 2. The first-order valence-corrected chi connectivity index (χ1v) is 7.55. The van der Waals surface area contributed by atoms with E-state index in [2.05, 4.69) is 34.4 Å². The van der Waals surface area contributed by atoms with Crippen LogP contribution in [0, 0.1) is 17.8 Å². The van der Waals surface area contributed by atoms with Gasteiger partial charge in [0.05, 0.1) is 7.11 Å². The lowest BCUT2D eigenvalue weighted by Crippen LogP contribution is -2.28. The highest BCUT2D eigenvalue weighted by Gasteiger charge is 2.38. The first-order chi connectivity index (χ1) is 10.2. The lowest BCUT2D eigenvalue weighted by atomic mass is 9.87. The number of carbonyl (C=O) groups is 1. The Morgan fingerprint density at radius 3 is 2.76 bits per heavy atom. The van der Waals surface area contributed by atoms with E-state index in [1.807, 2.05) is 24.3 Å². The number of amides is 1. The van der Waals surface area contributed by atoms with Crippen LogP contribution in [-0.4, -0.2) is 19.2 Å². The Bertz CT molecular complexity index is 555. The lowest BCUT2D eigenvalue weighted by Gasteiger charge is -2.27. The molecule has 4 nitrogen and oxygen atoms in total. The first kappa shape index (κ1) is 14.0. The molecule has 2 N–H and O–H groups in total. The van der Waals surface area contributed by atoms with Gasteiger partial charge in [-0.2, -0.15) is 0 Å². The van der Waals surface area contributed by atoms with Crippen molar-refractivity contribution in [2.24, 2.45) is 17.8 Å². The van der Waals surface area contributed by atoms with E-state index in [0.717, 1.165) is 23.2 Å². The van der Waals surface area contributed by atoms with Gasteiger partial charge in [0.1, 0.15) is 0 Å². The van der Waals surface area contributed by atoms with E-state index >= 15 is 0 Å². The summed E-state index contributed by atoms with van der Waals surface area (Å²) in [6.45, 7) is 2.25. The number of carbonyl (C=O) groups excluding carboxylic acids is 1. The average Bonchev–Trinajstić information content (AvgIpc) is 3.10. The molecule has 1 fully saturated rings. The Kier molecular flexibility index (Phi) is 3.86. The number of rotatable bonds is 4. The minimum absolute atomic E-state index is 0.429. The van der Waals surface area contributed by atoms with Crippen LogP contribution in [0.1, 0.15) is 19.8 Å². The van der Waals surface area contributed by atoms with Crippen molar-refractivity contribution in [2.75, 3.05) is 17.7 Å². The van der Waals surface area contributed by atoms with Gasteiger partial charge in [-0.1, -0.05) is 18.2 Å². The Morgan fingerprint density at radius 1 is 1.29 bits per heavy atom. The third-order valence-corrected chi connectivity index (χ3v) is 4.66. The molecule has 0 radical (unpaired) electrons. The normalized spacial score (nSPS) is 27.4. The molecule has 21 heavy (non-hydrogen) atoms. The molecule has 112 valence electrons. The fourth-order valence-electron chi connectivity index (χ4n) is 3.62. The van der Waals surface area contributed by atoms with E-state index in [0.29, 0.717) is 12.0 Å². The van der Waals surface area contributed by atoms with Crippen molar-refractivity contribution in [3.8, 4) is 0 Å². The van der Waals surface area contributed by atoms with E-state index < -0.39 is 6.09 Å². The molecule has 1 aromatic carbocycles. The monoisotopic (exact) mass is 286 g/mol. The zero-order chi connectivity index (χ0) is 14.8. The van der Waals surface area contributed by atoms with Crippen molar-refractivity contribution in [3.63, 3.8) is 0 Å². The van der Waals surface area contributed by atoms with Crippen LogP contribution in [-0.2, 0) is 4.74 Å². The minimum Gasteiger partial charge on any atom is -0.453 e. The Hall–Kier alpha value is -1.97. The summed E-state index contributed by atoms with van der Waals surface area (Å²) in [6, 6.07) is 8.19. The largest absolute Gasteiger partial charge is 0.453 e. The molecular formula is C17H22N2O2. The smallest absolute Gasteiger partial charge is 0.411 e. The second kappa shape index (κ2) is 5.80. The van der Waals surface area contributed by atoms with Gasteiger partial charge in [-0.3, -0.25) is 5.32 Å². The number of nitrogens with one attached hydrogen (secondary N) is 2. The maximum Gasteiger partial charge on any atom is 0.411 e. The third kappa shape index (κ3) is 3.04. The molecule has 1 amide bonds. The van der Waals surface area contributed by atoms with Crippen molar-refractivity contribution in [2.45, 2.75) is 25.8 Å². The highest BCUT2D eigenvalue weighted by atomic mass is 16.5. The summed E-state index contributed by atoms with van der Waals surface area (Å²) in [5.41, 5.74) is 1.77. The number of allylic oxidation sites excluding steroid dienone is 2. The zero-order valence-corrected chi connectivity index (χ0v) is 12.5. The lowest BCUT2D eigenvalue weighted by molar-refractivity contribution is 0.187. The zero-order valence-electron chi connectivity index (χ0n) is 12.5. The van der Waals surface area contributed by atoms with Gasteiger partial charge in [-0.25, -0.2) is 4.79 Å². The Morgan fingerprint density at radius 2 is 2.10 bits per heavy atom. The van der Waals surface area contributed by atoms with Crippen molar-refractivity contribution in [1.29, 1.82) is 0 Å². The number of anilines is 2. The topological polar surface area (TPSA) is 50.4 Å². The van der Waals surface area contributed by atoms with Gasteiger partial charge in [0.2, 0.25) is 0 Å². The quantitative estimate of drug-likeness (QED) is 0.826. The predicted octanol–water partition coefficient (Wildman–Crippen LogP) is 3.88. The maximum absolute atomic E-state index is 11.2. The summed E-state index contributed by atoms with van der Waals surface area (Å²) in [7, 11) is 1.36. The molecule has 3 rings (SSSR count). The molecule has 0 saturated heterocycles. The number of hydrogen-bond donors (Lipinski definition) is 2. The first-order valence-electron chi connectivity index (χ1n) is 7.55. The molecule has 1 aromatic rings. The van der Waals surface area contributed by atoms with Crippen molar-refractivity contribution < 1.29 is 9.53 Å². The summed E-state index contributed by atoms with van der Waals surface area (Å²) < 4.78 is 4.61. The molecule has 2 aliphatic carbocycles.